The Balaban J connectivity index is 2.71. The largest absolute Gasteiger partial charge is 0.313 e. The zero-order valence-electron chi connectivity index (χ0n) is 10.7. The van der Waals surface area contributed by atoms with E-state index in [2.05, 4.69) is 30.2 Å². The highest BCUT2D eigenvalue weighted by Crippen LogP contribution is 2.28. The van der Waals surface area contributed by atoms with Crippen LogP contribution in [0.2, 0.25) is 0 Å². The minimum atomic E-state index is 0.449. The predicted molar refractivity (Wildman–Crippen MR) is 69.3 cm³/mol. The molecule has 0 aliphatic rings. The standard InChI is InChI=1S/C14H24N2/c1-4-6-8-12(5-2)14(15-3)13-9-7-10-16-11-13/h7,9-12,14-15H,4-6,8H2,1-3H3. The Bertz CT molecular complexity index is 271. The van der Waals surface area contributed by atoms with Gasteiger partial charge in [0.05, 0.1) is 0 Å². The van der Waals surface area contributed by atoms with Crippen molar-refractivity contribution in [3.8, 4) is 0 Å². The number of rotatable bonds is 7. The number of nitrogens with one attached hydrogen (secondary N) is 1. The van der Waals surface area contributed by atoms with E-state index in [0.717, 1.165) is 0 Å². The maximum Gasteiger partial charge on any atom is 0.0361 e. The summed E-state index contributed by atoms with van der Waals surface area (Å²) in [5.74, 6) is 0.717. The molecule has 1 aromatic rings. The van der Waals surface area contributed by atoms with Gasteiger partial charge in [-0.15, -0.1) is 0 Å². The van der Waals surface area contributed by atoms with Crippen molar-refractivity contribution in [1.29, 1.82) is 0 Å². The minimum Gasteiger partial charge on any atom is -0.313 e. The van der Waals surface area contributed by atoms with E-state index in [-0.39, 0.29) is 0 Å². The summed E-state index contributed by atoms with van der Waals surface area (Å²) in [6.45, 7) is 4.53. The van der Waals surface area contributed by atoms with Crippen molar-refractivity contribution in [2.45, 2.75) is 45.6 Å². The molecule has 0 radical (unpaired) electrons. The SMILES string of the molecule is CCCCC(CC)C(NC)c1cccnc1. The lowest BCUT2D eigenvalue weighted by atomic mass is 9.87. The highest BCUT2D eigenvalue weighted by atomic mass is 14.9. The number of pyridine rings is 1. The minimum absolute atomic E-state index is 0.449. The molecule has 2 heteroatoms. The molecule has 0 amide bonds. The number of hydrogen-bond acceptors (Lipinski definition) is 2. The first kappa shape index (κ1) is 13.2. The molecule has 90 valence electrons. The van der Waals surface area contributed by atoms with Crippen LogP contribution in [0.15, 0.2) is 24.5 Å². The smallest absolute Gasteiger partial charge is 0.0361 e. The van der Waals surface area contributed by atoms with Crippen molar-refractivity contribution < 1.29 is 0 Å². The normalized spacial score (nSPS) is 14.7. The van der Waals surface area contributed by atoms with Crippen molar-refractivity contribution in [2.75, 3.05) is 7.05 Å². The Hall–Kier alpha value is -0.890. The maximum atomic E-state index is 4.21. The summed E-state index contributed by atoms with van der Waals surface area (Å²) >= 11 is 0. The lowest BCUT2D eigenvalue weighted by molar-refractivity contribution is 0.338. The van der Waals surface area contributed by atoms with Gasteiger partial charge < -0.3 is 5.32 Å². The molecule has 1 rings (SSSR count). The summed E-state index contributed by atoms with van der Waals surface area (Å²) in [6.07, 6.45) is 8.93. The number of nitrogens with zero attached hydrogens (tertiary/aromatic N) is 1. The molecule has 2 nitrogen and oxygen atoms in total. The van der Waals surface area contributed by atoms with Crippen molar-refractivity contribution in [2.24, 2.45) is 5.92 Å². The van der Waals surface area contributed by atoms with Gasteiger partial charge in [-0.25, -0.2) is 0 Å². The van der Waals surface area contributed by atoms with E-state index in [1.165, 1.54) is 31.2 Å². The van der Waals surface area contributed by atoms with Crippen molar-refractivity contribution >= 4 is 0 Å². The fourth-order valence-corrected chi connectivity index (χ4v) is 2.31. The molecule has 1 N–H and O–H groups in total. The molecule has 0 spiro atoms. The summed E-state index contributed by atoms with van der Waals surface area (Å²) in [5, 5.41) is 3.44. The Labute approximate surface area is 99.5 Å². The second kappa shape index (κ2) is 7.39. The monoisotopic (exact) mass is 220 g/mol. The van der Waals surface area contributed by atoms with Crippen molar-refractivity contribution in [3.05, 3.63) is 30.1 Å². The first-order valence-electron chi connectivity index (χ1n) is 6.40. The quantitative estimate of drug-likeness (QED) is 0.760. The fraction of sp³-hybridized carbons (Fsp3) is 0.643. The molecule has 2 atom stereocenters. The zero-order valence-corrected chi connectivity index (χ0v) is 10.7. The molecule has 0 aliphatic heterocycles. The lowest BCUT2D eigenvalue weighted by Crippen LogP contribution is -2.25. The highest BCUT2D eigenvalue weighted by molar-refractivity contribution is 5.14. The third-order valence-electron chi connectivity index (χ3n) is 3.28. The van der Waals surface area contributed by atoms with Crippen LogP contribution in [-0.4, -0.2) is 12.0 Å². The molecular weight excluding hydrogens is 196 g/mol. The Morgan fingerprint density at radius 2 is 2.19 bits per heavy atom. The molecule has 1 aromatic heterocycles. The first-order valence-corrected chi connectivity index (χ1v) is 6.40. The second-order valence-electron chi connectivity index (χ2n) is 4.36. The van der Waals surface area contributed by atoms with Gasteiger partial charge in [-0.05, 0) is 31.0 Å². The van der Waals surface area contributed by atoms with Gasteiger partial charge in [0.15, 0.2) is 0 Å². The maximum absolute atomic E-state index is 4.21. The highest BCUT2D eigenvalue weighted by Gasteiger charge is 2.19. The van der Waals surface area contributed by atoms with E-state index in [0.29, 0.717) is 12.0 Å². The Morgan fingerprint density at radius 1 is 1.38 bits per heavy atom. The van der Waals surface area contributed by atoms with Gasteiger partial charge in [0.25, 0.3) is 0 Å². The van der Waals surface area contributed by atoms with E-state index in [1.807, 2.05) is 25.5 Å². The van der Waals surface area contributed by atoms with Gasteiger partial charge >= 0.3 is 0 Å². The van der Waals surface area contributed by atoms with Gasteiger partial charge in [0.1, 0.15) is 0 Å². The summed E-state index contributed by atoms with van der Waals surface area (Å²) < 4.78 is 0. The Morgan fingerprint density at radius 3 is 2.69 bits per heavy atom. The summed E-state index contributed by atoms with van der Waals surface area (Å²) in [7, 11) is 2.05. The zero-order chi connectivity index (χ0) is 11.8. The average Bonchev–Trinajstić information content (AvgIpc) is 2.35. The van der Waals surface area contributed by atoms with Crippen LogP contribution in [0.25, 0.3) is 0 Å². The van der Waals surface area contributed by atoms with Gasteiger partial charge in [-0.1, -0.05) is 39.2 Å². The van der Waals surface area contributed by atoms with E-state index in [1.54, 1.807) is 0 Å². The van der Waals surface area contributed by atoms with Crippen LogP contribution in [0.4, 0.5) is 0 Å². The number of hydrogen-bond donors (Lipinski definition) is 1. The van der Waals surface area contributed by atoms with E-state index < -0.39 is 0 Å². The van der Waals surface area contributed by atoms with E-state index >= 15 is 0 Å². The molecule has 16 heavy (non-hydrogen) atoms. The van der Waals surface area contributed by atoms with Crippen LogP contribution < -0.4 is 5.32 Å². The van der Waals surface area contributed by atoms with Crippen LogP contribution in [0.5, 0.6) is 0 Å². The summed E-state index contributed by atoms with van der Waals surface area (Å²) in [4.78, 5) is 4.21. The molecule has 0 saturated heterocycles. The van der Waals surface area contributed by atoms with Gasteiger partial charge in [-0.3, -0.25) is 4.98 Å². The van der Waals surface area contributed by atoms with Gasteiger partial charge in [0, 0.05) is 18.4 Å². The average molecular weight is 220 g/mol. The van der Waals surface area contributed by atoms with E-state index in [9.17, 15) is 0 Å². The predicted octanol–water partition coefficient (Wildman–Crippen LogP) is 3.56. The van der Waals surface area contributed by atoms with Crippen LogP contribution in [0, 0.1) is 5.92 Å². The van der Waals surface area contributed by atoms with Crippen molar-refractivity contribution in [1.82, 2.24) is 10.3 Å². The third kappa shape index (κ3) is 3.60. The summed E-state index contributed by atoms with van der Waals surface area (Å²) in [5.41, 5.74) is 1.31. The van der Waals surface area contributed by atoms with Crippen LogP contribution in [-0.2, 0) is 0 Å². The molecule has 2 unspecified atom stereocenters. The lowest BCUT2D eigenvalue weighted by Gasteiger charge is -2.26. The van der Waals surface area contributed by atoms with Crippen LogP contribution in [0.1, 0.15) is 51.1 Å². The molecule has 0 aromatic carbocycles. The second-order valence-corrected chi connectivity index (χ2v) is 4.36. The summed E-state index contributed by atoms with van der Waals surface area (Å²) in [6, 6.07) is 4.64. The molecule has 0 aliphatic carbocycles. The molecule has 1 heterocycles. The molecule has 0 bridgehead atoms. The molecule has 0 fully saturated rings. The van der Waals surface area contributed by atoms with E-state index in [4.69, 9.17) is 0 Å². The first-order chi connectivity index (χ1) is 7.83. The molecular formula is C14H24N2. The Kier molecular flexibility index (Phi) is 6.09. The number of aromatic nitrogens is 1. The topological polar surface area (TPSA) is 24.9 Å². The fourth-order valence-electron chi connectivity index (χ4n) is 2.31. The number of unbranched alkanes of at least 4 members (excludes halogenated alkanes) is 1. The van der Waals surface area contributed by atoms with Crippen LogP contribution in [0.3, 0.4) is 0 Å². The molecule has 0 saturated carbocycles. The van der Waals surface area contributed by atoms with Crippen LogP contribution >= 0.6 is 0 Å². The van der Waals surface area contributed by atoms with Gasteiger partial charge in [0.2, 0.25) is 0 Å². The third-order valence-corrected chi connectivity index (χ3v) is 3.28. The van der Waals surface area contributed by atoms with Crippen molar-refractivity contribution in [3.63, 3.8) is 0 Å². The van der Waals surface area contributed by atoms with Gasteiger partial charge in [-0.2, -0.15) is 0 Å².